The van der Waals surface area contributed by atoms with Crippen molar-refractivity contribution in [2.45, 2.75) is 0 Å². The highest BCUT2D eigenvalue weighted by molar-refractivity contribution is 7.26. The second-order valence-corrected chi connectivity index (χ2v) is 13.8. The van der Waals surface area contributed by atoms with Crippen molar-refractivity contribution in [3.8, 4) is 22.3 Å². The molecule has 44 heavy (non-hydrogen) atoms. The molecule has 0 aliphatic rings. The van der Waals surface area contributed by atoms with Crippen LogP contribution in [0.15, 0.2) is 146 Å². The number of hydrogen-bond donors (Lipinski definition) is 0. The van der Waals surface area contributed by atoms with Gasteiger partial charge in [0.05, 0.1) is 0 Å². The SMILES string of the molecule is c1ccc2c(c1)ccc1sc3ccc(-c4c5ccccc5c(-c5ccc6c(c5)sc5ccccc56)c5ccccc45)cc3c12. The van der Waals surface area contributed by atoms with Crippen LogP contribution in [0.3, 0.4) is 0 Å². The first-order chi connectivity index (χ1) is 21.8. The molecule has 0 spiro atoms. The highest BCUT2D eigenvalue weighted by Gasteiger charge is 2.18. The minimum atomic E-state index is 1.27. The lowest BCUT2D eigenvalue weighted by molar-refractivity contribution is 1.70. The zero-order chi connectivity index (χ0) is 28.8. The van der Waals surface area contributed by atoms with Gasteiger partial charge in [-0.1, -0.05) is 115 Å². The van der Waals surface area contributed by atoms with Gasteiger partial charge in [-0.05, 0) is 84.9 Å². The third-order valence-corrected chi connectivity index (χ3v) is 11.5. The molecule has 204 valence electrons. The van der Waals surface area contributed by atoms with Crippen LogP contribution in [0.5, 0.6) is 0 Å². The molecule has 8 aromatic carbocycles. The summed E-state index contributed by atoms with van der Waals surface area (Å²) in [5, 5.41) is 13.2. The van der Waals surface area contributed by atoms with Gasteiger partial charge in [-0.15, -0.1) is 22.7 Å². The number of rotatable bonds is 2. The maximum absolute atomic E-state index is 2.44. The first-order valence-corrected chi connectivity index (χ1v) is 16.6. The van der Waals surface area contributed by atoms with Gasteiger partial charge in [0.15, 0.2) is 0 Å². The standard InChI is InChI=1S/C42H24S2/c1-2-10-28-25(9-1)18-22-38-42(28)35-23-26(19-21-37(35)43-38)40-31-12-3-5-14-33(31)41(34-15-6-4-13-32(34)40)27-17-20-30-29-11-7-8-16-36(29)44-39(30)24-27/h1-24H. The average Bonchev–Trinajstić information content (AvgIpc) is 3.65. The lowest BCUT2D eigenvalue weighted by atomic mass is 9.85. The number of thiophene rings is 2. The van der Waals surface area contributed by atoms with Gasteiger partial charge in [0, 0.05) is 40.3 Å². The van der Waals surface area contributed by atoms with Gasteiger partial charge in [-0.3, -0.25) is 0 Å². The molecule has 0 fully saturated rings. The molecule has 0 radical (unpaired) electrons. The summed E-state index contributed by atoms with van der Waals surface area (Å²) in [5.74, 6) is 0. The Morgan fingerprint density at radius 3 is 1.52 bits per heavy atom. The molecule has 2 heterocycles. The highest BCUT2D eigenvalue weighted by atomic mass is 32.1. The summed E-state index contributed by atoms with van der Waals surface area (Å²) in [6.07, 6.45) is 0. The zero-order valence-corrected chi connectivity index (χ0v) is 25.3. The van der Waals surface area contributed by atoms with E-state index < -0.39 is 0 Å². The Morgan fingerprint density at radius 2 is 0.795 bits per heavy atom. The molecule has 10 rings (SSSR count). The third kappa shape index (κ3) is 3.44. The van der Waals surface area contributed by atoms with E-state index in [2.05, 4.69) is 146 Å². The van der Waals surface area contributed by atoms with Crippen LogP contribution in [0.4, 0.5) is 0 Å². The van der Waals surface area contributed by atoms with Crippen molar-refractivity contribution in [2.75, 3.05) is 0 Å². The van der Waals surface area contributed by atoms with E-state index in [1.165, 1.54) is 94.9 Å². The smallest absolute Gasteiger partial charge is 0.0361 e. The topological polar surface area (TPSA) is 0 Å². The summed E-state index contributed by atoms with van der Waals surface area (Å²) in [5.41, 5.74) is 5.16. The molecule has 0 atom stereocenters. The van der Waals surface area contributed by atoms with Gasteiger partial charge in [-0.2, -0.15) is 0 Å². The van der Waals surface area contributed by atoms with Crippen molar-refractivity contribution in [3.63, 3.8) is 0 Å². The van der Waals surface area contributed by atoms with Gasteiger partial charge in [0.1, 0.15) is 0 Å². The van der Waals surface area contributed by atoms with Crippen molar-refractivity contribution < 1.29 is 0 Å². The van der Waals surface area contributed by atoms with Crippen LogP contribution >= 0.6 is 22.7 Å². The molecule has 0 aliphatic carbocycles. The van der Waals surface area contributed by atoms with Crippen LogP contribution in [0.25, 0.3) is 94.9 Å². The molecule has 0 bridgehead atoms. The van der Waals surface area contributed by atoms with Crippen LogP contribution in [-0.4, -0.2) is 0 Å². The van der Waals surface area contributed by atoms with Crippen molar-refractivity contribution in [3.05, 3.63) is 146 Å². The fourth-order valence-electron chi connectivity index (χ4n) is 7.33. The fraction of sp³-hybridized carbons (Fsp3) is 0. The van der Waals surface area contributed by atoms with Gasteiger partial charge in [0.2, 0.25) is 0 Å². The highest BCUT2D eigenvalue weighted by Crippen LogP contribution is 2.47. The lowest BCUT2D eigenvalue weighted by Gasteiger charge is -2.18. The second kappa shape index (κ2) is 9.24. The molecule has 0 unspecified atom stereocenters. The van der Waals surface area contributed by atoms with E-state index in [1.54, 1.807) is 0 Å². The van der Waals surface area contributed by atoms with Crippen molar-refractivity contribution in [2.24, 2.45) is 0 Å². The van der Waals surface area contributed by atoms with Gasteiger partial charge >= 0.3 is 0 Å². The van der Waals surface area contributed by atoms with Crippen LogP contribution in [-0.2, 0) is 0 Å². The summed E-state index contributed by atoms with van der Waals surface area (Å²) < 4.78 is 5.36. The number of fused-ring (bicyclic) bond motifs is 10. The maximum Gasteiger partial charge on any atom is 0.0361 e. The normalized spacial score (nSPS) is 12.1. The summed E-state index contributed by atoms with van der Waals surface area (Å²) in [4.78, 5) is 0. The Balaban J connectivity index is 1.28. The van der Waals surface area contributed by atoms with Gasteiger partial charge in [0.25, 0.3) is 0 Å². The predicted molar refractivity (Wildman–Crippen MR) is 196 cm³/mol. The number of benzene rings is 8. The fourth-order valence-corrected chi connectivity index (χ4v) is 9.58. The molecule has 2 aromatic heterocycles. The van der Waals surface area contributed by atoms with Crippen LogP contribution < -0.4 is 0 Å². The molecule has 0 saturated heterocycles. The molecule has 0 N–H and O–H groups in total. The van der Waals surface area contributed by atoms with E-state index in [-0.39, 0.29) is 0 Å². The summed E-state index contributed by atoms with van der Waals surface area (Å²) in [6, 6.07) is 54.2. The van der Waals surface area contributed by atoms with Gasteiger partial charge < -0.3 is 0 Å². The molecule has 0 saturated carbocycles. The first-order valence-electron chi connectivity index (χ1n) is 15.0. The van der Waals surface area contributed by atoms with Gasteiger partial charge in [-0.25, -0.2) is 0 Å². The monoisotopic (exact) mass is 592 g/mol. The Morgan fingerprint density at radius 1 is 0.295 bits per heavy atom. The maximum atomic E-state index is 2.44. The van der Waals surface area contributed by atoms with E-state index in [4.69, 9.17) is 0 Å². The van der Waals surface area contributed by atoms with E-state index in [1.807, 2.05) is 22.7 Å². The van der Waals surface area contributed by atoms with E-state index in [0.717, 1.165) is 0 Å². The molecule has 2 heteroatoms. The van der Waals surface area contributed by atoms with E-state index >= 15 is 0 Å². The van der Waals surface area contributed by atoms with Crippen LogP contribution in [0.1, 0.15) is 0 Å². The van der Waals surface area contributed by atoms with E-state index in [0.29, 0.717) is 0 Å². The van der Waals surface area contributed by atoms with Crippen molar-refractivity contribution in [1.82, 2.24) is 0 Å². The molecular weight excluding hydrogens is 569 g/mol. The predicted octanol–water partition coefficient (Wildman–Crippen LogP) is 13.2. The van der Waals surface area contributed by atoms with Crippen LogP contribution in [0.2, 0.25) is 0 Å². The average molecular weight is 593 g/mol. The zero-order valence-electron chi connectivity index (χ0n) is 23.7. The molecule has 0 amide bonds. The number of hydrogen-bond acceptors (Lipinski definition) is 2. The first kappa shape index (κ1) is 24.4. The third-order valence-electron chi connectivity index (χ3n) is 9.25. The second-order valence-electron chi connectivity index (χ2n) is 11.6. The van der Waals surface area contributed by atoms with E-state index in [9.17, 15) is 0 Å². The molecule has 0 aliphatic heterocycles. The minimum Gasteiger partial charge on any atom is -0.135 e. The van der Waals surface area contributed by atoms with Crippen molar-refractivity contribution >= 4 is 95.3 Å². The Labute approximate surface area is 262 Å². The summed E-state index contributed by atoms with van der Waals surface area (Å²) in [6.45, 7) is 0. The molecule has 0 nitrogen and oxygen atoms in total. The molecular formula is C42H24S2. The van der Waals surface area contributed by atoms with Crippen LogP contribution in [0, 0.1) is 0 Å². The van der Waals surface area contributed by atoms with Crippen molar-refractivity contribution in [1.29, 1.82) is 0 Å². The minimum absolute atomic E-state index is 1.27. The molecule has 10 aromatic rings. The Hall–Kier alpha value is -5.02. The largest absolute Gasteiger partial charge is 0.135 e. The Bertz CT molecular complexity index is 2720. The summed E-state index contributed by atoms with van der Waals surface area (Å²) >= 11 is 3.78. The Kier molecular flexibility index (Phi) is 5.13. The lowest BCUT2D eigenvalue weighted by Crippen LogP contribution is -1.90. The summed E-state index contributed by atoms with van der Waals surface area (Å²) in [7, 11) is 0. The quantitative estimate of drug-likeness (QED) is 0.175.